The molecule has 0 spiro atoms. The summed E-state index contributed by atoms with van der Waals surface area (Å²) in [6, 6.07) is 3.27. The highest BCUT2D eigenvalue weighted by Gasteiger charge is 2.05. The van der Waals surface area contributed by atoms with Gasteiger partial charge in [0.05, 0.1) is 18.1 Å². The number of hydrogen-bond donors (Lipinski definition) is 1. The molecular weight excluding hydrogens is 274 g/mol. The number of carboxylic acid groups (broad SMARTS) is 1. The van der Waals surface area contributed by atoms with Gasteiger partial charge in [-0.2, -0.15) is 0 Å². The van der Waals surface area contributed by atoms with Gasteiger partial charge in [-0.3, -0.25) is 4.98 Å². The summed E-state index contributed by atoms with van der Waals surface area (Å²) in [5.74, 6) is -0.448. The van der Waals surface area contributed by atoms with Gasteiger partial charge in [-0.05, 0) is 12.1 Å². The van der Waals surface area contributed by atoms with Crippen LogP contribution in [0.3, 0.4) is 0 Å². The van der Waals surface area contributed by atoms with E-state index in [0.29, 0.717) is 10.9 Å². The Morgan fingerprint density at radius 2 is 2.17 bits per heavy atom. The van der Waals surface area contributed by atoms with Crippen LogP contribution < -0.4 is 0 Å². The minimum atomic E-state index is -1.04. The Balaban J connectivity index is 2.04. The average molecular weight is 282 g/mol. The molecule has 0 saturated carbocycles. The molecule has 2 aromatic rings. The molecule has 5 nitrogen and oxygen atoms in total. The molecule has 0 aliphatic carbocycles. The number of carbonyl (C=O) groups is 1. The van der Waals surface area contributed by atoms with Crippen molar-refractivity contribution in [2.24, 2.45) is 0 Å². The van der Waals surface area contributed by atoms with Crippen LogP contribution in [-0.4, -0.2) is 26.0 Å². The summed E-state index contributed by atoms with van der Waals surface area (Å²) < 4.78 is 0. The third-order valence-corrected chi connectivity index (χ3v) is 3.23. The smallest absolute Gasteiger partial charge is 0.354 e. The number of thioether (sulfide) groups is 1. The maximum absolute atomic E-state index is 10.8. The van der Waals surface area contributed by atoms with Gasteiger partial charge < -0.3 is 5.11 Å². The fourth-order valence-electron chi connectivity index (χ4n) is 1.19. The molecule has 7 heteroatoms. The Hall–Kier alpha value is -1.66. The molecule has 0 radical (unpaired) electrons. The van der Waals surface area contributed by atoms with Gasteiger partial charge >= 0.3 is 5.97 Å². The van der Waals surface area contributed by atoms with E-state index in [-0.39, 0.29) is 5.69 Å². The van der Waals surface area contributed by atoms with Crippen LogP contribution >= 0.6 is 23.4 Å². The fourth-order valence-corrected chi connectivity index (χ4v) is 2.10. The minimum Gasteiger partial charge on any atom is -0.477 e. The van der Waals surface area contributed by atoms with Crippen LogP contribution in [0.1, 0.15) is 16.2 Å². The maximum Gasteiger partial charge on any atom is 0.354 e. The molecule has 2 rings (SSSR count). The average Bonchev–Trinajstić information content (AvgIpc) is 2.38. The second-order valence-corrected chi connectivity index (χ2v) is 4.74. The molecule has 0 atom stereocenters. The predicted octanol–water partition coefficient (Wildman–Crippen LogP) is 2.52. The van der Waals surface area contributed by atoms with Gasteiger partial charge in [-0.1, -0.05) is 11.6 Å². The highest BCUT2D eigenvalue weighted by molar-refractivity contribution is 7.98. The summed E-state index contributed by atoms with van der Waals surface area (Å²) in [6.07, 6.45) is 4.54. The van der Waals surface area contributed by atoms with E-state index in [1.165, 1.54) is 30.2 Å². The van der Waals surface area contributed by atoms with Gasteiger partial charge in [0.1, 0.15) is 10.8 Å². The van der Waals surface area contributed by atoms with Crippen LogP contribution in [0, 0.1) is 0 Å². The van der Waals surface area contributed by atoms with Crippen molar-refractivity contribution in [2.75, 3.05) is 0 Å². The Kier molecular flexibility index (Phi) is 4.11. The second-order valence-electron chi connectivity index (χ2n) is 3.30. The fraction of sp³-hybridized carbons (Fsp3) is 0.0909. The van der Waals surface area contributed by atoms with Crippen LogP contribution in [0.4, 0.5) is 0 Å². The van der Waals surface area contributed by atoms with Gasteiger partial charge in [0, 0.05) is 16.8 Å². The highest BCUT2D eigenvalue weighted by Crippen LogP contribution is 2.21. The van der Waals surface area contributed by atoms with Gasteiger partial charge in [-0.15, -0.1) is 11.8 Å². The summed E-state index contributed by atoms with van der Waals surface area (Å²) in [7, 11) is 0. The minimum absolute atomic E-state index is 0.0298. The molecular formula is C11H8ClN3O2S. The van der Waals surface area contributed by atoms with Gasteiger partial charge in [-0.25, -0.2) is 14.8 Å². The molecule has 0 saturated heterocycles. The highest BCUT2D eigenvalue weighted by atomic mass is 35.5. The van der Waals surface area contributed by atoms with Crippen molar-refractivity contribution in [3.63, 3.8) is 0 Å². The van der Waals surface area contributed by atoms with Crippen LogP contribution in [0.15, 0.2) is 35.6 Å². The number of carboxylic acids is 1. The molecule has 1 N–H and O–H groups in total. The number of aromatic carboxylic acids is 1. The van der Waals surface area contributed by atoms with Crippen molar-refractivity contribution in [1.29, 1.82) is 0 Å². The largest absolute Gasteiger partial charge is 0.477 e. The van der Waals surface area contributed by atoms with Gasteiger partial charge in [0.2, 0.25) is 0 Å². The van der Waals surface area contributed by atoms with E-state index in [9.17, 15) is 4.79 Å². The van der Waals surface area contributed by atoms with Crippen LogP contribution in [0.25, 0.3) is 0 Å². The predicted molar refractivity (Wildman–Crippen MR) is 67.8 cm³/mol. The number of nitrogens with zero attached hydrogens (tertiary/aromatic N) is 3. The van der Waals surface area contributed by atoms with E-state index in [0.717, 1.165) is 10.6 Å². The molecule has 0 amide bonds. The van der Waals surface area contributed by atoms with Crippen molar-refractivity contribution in [3.8, 4) is 0 Å². The topological polar surface area (TPSA) is 76.0 Å². The van der Waals surface area contributed by atoms with E-state index in [1.807, 2.05) is 0 Å². The lowest BCUT2D eigenvalue weighted by Gasteiger charge is -2.02. The lowest BCUT2D eigenvalue weighted by molar-refractivity contribution is 0.0690. The first kappa shape index (κ1) is 12.8. The van der Waals surface area contributed by atoms with Crippen molar-refractivity contribution < 1.29 is 9.90 Å². The third-order valence-electron chi connectivity index (χ3n) is 2.01. The Bertz CT molecular complexity index is 562. The molecule has 0 aromatic carbocycles. The summed E-state index contributed by atoms with van der Waals surface area (Å²) in [4.78, 5) is 23.3. The summed E-state index contributed by atoms with van der Waals surface area (Å²) in [5, 5.41) is 9.16. The number of hydrogen-bond acceptors (Lipinski definition) is 5. The van der Waals surface area contributed by atoms with Crippen molar-refractivity contribution in [2.45, 2.75) is 10.6 Å². The first-order valence-corrected chi connectivity index (χ1v) is 6.30. The second kappa shape index (κ2) is 5.79. The number of rotatable bonds is 4. The third kappa shape index (κ3) is 3.41. The first-order valence-electron chi connectivity index (χ1n) is 4.94. The number of halogens is 1. The summed E-state index contributed by atoms with van der Waals surface area (Å²) >= 11 is 7.09. The Labute approximate surface area is 112 Å². The number of aromatic nitrogens is 3. The molecule has 0 bridgehead atoms. The van der Waals surface area contributed by atoms with E-state index >= 15 is 0 Å². The van der Waals surface area contributed by atoms with Gasteiger partial charge in [0.25, 0.3) is 0 Å². The molecule has 2 aromatic heterocycles. The lowest BCUT2D eigenvalue weighted by Crippen LogP contribution is -1.99. The first-order chi connectivity index (χ1) is 8.65. The van der Waals surface area contributed by atoms with Crippen LogP contribution in [0.2, 0.25) is 5.15 Å². The summed E-state index contributed by atoms with van der Waals surface area (Å²) in [5.41, 5.74) is 0.806. The van der Waals surface area contributed by atoms with E-state index < -0.39 is 5.97 Å². The zero-order valence-electron chi connectivity index (χ0n) is 9.08. The van der Waals surface area contributed by atoms with E-state index in [4.69, 9.17) is 16.7 Å². The molecule has 92 valence electrons. The van der Waals surface area contributed by atoms with Crippen molar-refractivity contribution in [1.82, 2.24) is 15.0 Å². The molecule has 18 heavy (non-hydrogen) atoms. The van der Waals surface area contributed by atoms with E-state index in [1.54, 1.807) is 12.3 Å². The molecule has 0 aliphatic rings. The molecule has 0 unspecified atom stereocenters. The van der Waals surface area contributed by atoms with E-state index in [2.05, 4.69) is 15.0 Å². The van der Waals surface area contributed by atoms with Crippen molar-refractivity contribution in [3.05, 3.63) is 47.3 Å². The zero-order chi connectivity index (χ0) is 13.0. The normalized spacial score (nSPS) is 10.3. The molecule has 2 heterocycles. The SMILES string of the molecule is O=C(O)c1cc(SCc2cnc(Cl)cn2)ccn1. The monoisotopic (exact) mass is 281 g/mol. The van der Waals surface area contributed by atoms with Crippen molar-refractivity contribution >= 4 is 29.3 Å². The zero-order valence-corrected chi connectivity index (χ0v) is 10.6. The maximum atomic E-state index is 10.8. The standard InChI is InChI=1S/C11H8ClN3O2S/c12-10-5-14-7(4-15-10)6-18-8-1-2-13-9(3-8)11(16)17/h1-5H,6H2,(H,16,17). The Morgan fingerprint density at radius 3 is 2.83 bits per heavy atom. The van der Waals surface area contributed by atoms with Gasteiger partial charge in [0.15, 0.2) is 0 Å². The summed E-state index contributed by atoms with van der Waals surface area (Å²) in [6.45, 7) is 0. The molecule has 0 fully saturated rings. The quantitative estimate of drug-likeness (QED) is 0.868. The lowest BCUT2D eigenvalue weighted by atomic mass is 10.3. The van der Waals surface area contributed by atoms with Crippen LogP contribution in [0.5, 0.6) is 0 Å². The van der Waals surface area contributed by atoms with Crippen LogP contribution in [-0.2, 0) is 5.75 Å². The Morgan fingerprint density at radius 1 is 1.33 bits per heavy atom. The number of pyridine rings is 1. The molecule has 0 aliphatic heterocycles.